The molecule has 20 heavy (non-hydrogen) atoms. The highest BCUT2D eigenvalue weighted by atomic mass is 32.2. The number of nitrogens with zero attached hydrogens (tertiary/aromatic N) is 1. The molecule has 0 amide bonds. The van der Waals surface area contributed by atoms with E-state index in [0.717, 1.165) is 43.4 Å². The van der Waals surface area contributed by atoms with Crippen LogP contribution in [0.25, 0.3) is 0 Å². The second-order valence-electron chi connectivity index (χ2n) is 5.63. The van der Waals surface area contributed by atoms with E-state index in [2.05, 4.69) is 4.72 Å². The van der Waals surface area contributed by atoms with Crippen molar-refractivity contribution in [3.05, 3.63) is 29.3 Å². The Balaban J connectivity index is 1.82. The van der Waals surface area contributed by atoms with Gasteiger partial charge in [0, 0.05) is 24.8 Å². The zero-order valence-electron chi connectivity index (χ0n) is 11.5. The zero-order chi connectivity index (χ0) is 14.2. The highest BCUT2D eigenvalue weighted by Gasteiger charge is 2.30. The molecule has 1 atom stereocenters. The fraction of sp³-hybridized carbons (Fsp3) is 0.571. The molecule has 5 nitrogen and oxygen atoms in total. The number of nitrogens with two attached hydrogens (primary N) is 1. The summed E-state index contributed by atoms with van der Waals surface area (Å²) in [7, 11) is -3.36. The second-order valence-corrected chi connectivity index (χ2v) is 7.33. The normalized spacial score (nSPS) is 23.7. The Morgan fingerprint density at radius 3 is 2.70 bits per heavy atom. The minimum Gasteiger partial charge on any atom is -0.399 e. The molecule has 0 bridgehead atoms. The first kappa shape index (κ1) is 13.9. The number of nitrogen functional groups attached to an aromatic ring is 1. The molecule has 0 radical (unpaired) electrons. The smallest absolute Gasteiger partial charge is 0.280 e. The number of hydrogen-bond acceptors (Lipinski definition) is 3. The minimum absolute atomic E-state index is 0.120. The standard InChI is InChI=1S/C14H21N3O2S/c15-12-6-7-13-11(10-12)4-3-5-14(13)16-20(18,19)17-8-1-2-9-17/h6-7,10,14,16H,1-5,8-9,15H2. The lowest BCUT2D eigenvalue weighted by molar-refractivity contribution is 0.439. The van der Waals surface area contributed by atoms with Crippen molar-refractivity contribution in [3.63, 3.8) is 0 Å². The van der Waals surface area contributed by atoms with E-state index in [4.69, 9.17) is 5.73 Å². The van der Waals surface area contributed by atoms with Gasteiger partial charge in [0.2, 0.25) is 0 Å². The van der Waals surface area contributed by atoms with E-state index in [1.807, 2.05) is 18.2 Å². The maximum absolute atomic E-state index is 12.4. The van der Waals surface area contributed by atoms with Gasteiger partial charge in [0.25, 0.3) is 10.2 Å². The van der Waals surface area contributed by atoms with Crippen LogP contribution in [-0.2, 0) is 16.6 Å². The van der Waals surface area contributed by atoms with Gasteiger partial charge in [-0.2, -0.15) is 17.4 Å². The van der Waals surface area contributed by atoms with Crippen LogP contribution in [0, 0.1) is 0 Å². The molecule has 1 fully saturated rings. The van der Waals surface area contributed by atoms with Crippen LogP contribution in [0.1, 0.15) is 42.9 Å². The molecule has 1 aromatic carbocycles. The summed E-state index contributed by atoms with van der Waals surface area (Å²) in [6.45, 7) is 1.27. The largest absolute Gasteiger partial charge is 0.399 e. The van der Waals surface area contributed by atoms with Crippen molar-refractivity contribution in [1.29, 1.82) is 0 Å². The Hall–Kier alpha value is -1.11. The maximum atomic E-state index is 12.4. The maximum Gasteiger partial charge on any atom is 0.280 e. The van der Waals surface area contributed by atoms with Gasteiger partial charge < -0.3 is 5.73 Å². The van der Waals surface area contributed by atoms with Crippen LogP contribution in [0.5, 0.6) is 0 Å². The summed E-state index contributed by atoms with van der Waals surface area (Å²) in [5.41, 5.74) is 8.80. The predicted octanol–water partition coefficient (Wildman–Crippen LogP) is 1.58. The van der Waals surface area contributed by atoms with Gasteiger partial charge in [-0.25, -0.2) is 0 Å². The summed E-state index contributed by atoms with van der Waals surface area (Å²) in [6.07, 6.45) is 4.73. The van der Waals surface area contributed by atoms with Crippen LogP contribution >= 0.6 is 0 Å². The van der Waals surface area contributed by atoms with E-state index < -0.39 is 10.2 Å². The second kappa shape index (κ2) is 5.35. The van der Waals surface area contributed by atoms with Gasteiger partial charge in [0.1, 0.15) is 0 Å². The van der Waals surface area contributed by atoms with E-state index in [-0.39, 0.29) is 6.04 Å². The highest BCUT2D eigenvalue weighted by molar-refractivity contribution is 7.87. The Bertz CT molecular complexity index is 594. The SMILES string of the molecule is Nc1ccc2c(c1)CCCC2NS(=O)(=O)N1CCCC1. The van der Waals surface area contributed by atoms with E-state index >= 15 is 0 Å². The molecular formula is C14H21N3O2S. The van der Waals surface area contributed by atoms with Crippen LogP contribution in [0.4, 0.5) is 5.69 Å². The molecule has 110 valence electrons. The van der Waals surface area contributed by atoms with Crippen LogP contribution in [0.3, 0.4) is 0 Å². The molecule has 2 aliphatic rings. The lowest BCUT2D eigenvalue weighted by Gasteiger charge is -2.28. The fourth-order valence-corrected chi connectivity index (χ4v) is 4.63. The molecule has 0 spiro atoms. The zero-order valence-corrected chi connectivity index (χ0v) is 12.3. The first-order valence-electron chi connectivity index (χ1n) is 7.22. The summed E-state index contributed by atoms with van der Waals surface area (Å²) < 4.78 is 29.2. The van der Waals surface area contributed by atoms with Crippen LogP contribution in [-0.4, -0.2) is 25.8 Å². The Labute approximate surface area is 120 Å². The van der Waals surface area contributed by atoms with Crippen LogP contribution in [0.2, 0.25) is 0 Å². The monoisotopic (exact) mass is 295 g/mol. The van der Waals surface area contributed by atoms with Crippen molar-refractivity contribution in [3.8, 4) is 0 Å². The van der Waals surface area contributed by atoms with Gasteiger partial charge >= 0.3 is 0 Å². The van der Waals surface area contributed by atoms with Crippen molar-refractivity contribution in [2.24, 2.45) is 0 Å². The number of aryl methyl sites for hydroxylation is 1. The summed E-state index contributed by atoms with van der Waals surface area (Å²) in [5, 5.41) is 0. The van der Waals surface area contributed by atoms with Gasteiger partial charge in [-0.15, -0.1) is 0 Å². The van der Waals surface area contributed by atoms with Crippen LogP contribution in [0.15, 0.2) is 18.2 Å². The number of rotatable bonds is 3. The highest BCUT2D eigenvalue weighted by Crippen LogP contribution is 2.32. The molecule has 1 aliphatic heterocycles. The molecule has 1 aromatic rings. The van der Waals surface area contributed by atoms with Gasteiger partial charge in [-0.05, 0) is 55.4 Å². The quantitative estimate of drug-likeness (QED) is 0.831. The molecule has 3 rings (SSSR count). The summed E-state index contributed by atoms with van der Waals surface area (Å²) in [6, 6.07) is 5.65. The number of anilines is 1. The number of nitrogens with one attached hydrogen (secondary N) is 1. The van der Waals surface area contributed by atoms with E-state index in [1.54, 1.807) is 4.31 Å². The third-order valence-electron chi connectivity index (χ3n) is 4.18. The molecule has 1 saturated heterocycles. The van der Waals surface area contributed by atoms with Gasteiger partial charge in [-0.1, -0.05) is 6.07 Å². The van der Waals surface area contributed by atoms with Crippen molar-refractivity contribution in [2.45, 2.75) is 38.1 Å². The average molecular weight is 295 g/mol. The van der Waals surface area contributed by atoms with E-state index in [9.17, 15) is 8.42 Å². The van der Waals surface area contributed by atoms with Crippen molar-refractivity contribution < 1.29 is 8.42 Å². The summed E-state index contributed by atoms with van der Waals surface area (Å²) in [5.74, 6) is 0. The van der Waals surface area contributed by atoms with Crippen molar-refractivity contribution in [2.75, 3.05) is 18.8 Å². The Morgan fingerprint density at radius 1 is 1.20 bits per heavy atom. The van der Waals surface area contributed by atoms with Gasteiger partial charge in [-0.3, -0.25) is 0 Å². The van der Waals surface area contributed by atoms with Crippen molar-refractivity contribution >= 4 is 15.9 Å². The first-order valence-corrected chi connectivity index (χ1v) is 8.66. The van der Waals surface area contributed by atoms with E-state index in [1.165, 1.54) is 5.56 Å². The molecule has 0 saturated carbocycles. The van der Waals surface area contributed by atoms with Gasteiger partial charge in [0.15, 0.2) is 0 Å². The lowest BCUT2D eigenvalue weighted by Crippen LogP contribution is -2.41. The van der Waals surface area contributed by atoms with Crippen molar-refractivity contribution in [1.82, 2.24) is 9.03 Å². The van der Waals surface area contributed by atoms with E-state index in [0.29, 0.717) is 13.1 Å². The molecule has 3 N–H and O–H groups in total. The molecule has 1 aliphatic carbocycles. The minimum atomic E-state index is -3.36. The van der Waals surface area contributed by atoms with Gasteiger partial charge in [0.05, 0.1) is 0 Å². The average Bonchev–Trinajstić information content (AvgIpc) is 2.93. The number of hydrogen-bond donors (Lipinski definition) is 2. The molecule has 6 heteroatoms. The molecule has 1 unspecified atom stereocenters. The lowest BCUT2D eigenvalue weighted by atomic mass is 9.88. The summed E-state index contributed by atoms with van der Waals surface area (Å²) >= 11 is 0. The molecule has 1 heterocycles. The number of fused-ring (bicyclic) bond motifs is 1. The third kappa shape index (κ3) is 2.68. The fourth-order valence-electron chi connectivity index (χ4n) is 3.14. The third-order valence-corrected chi connectivity index (χ3v) is 5.80. The number of benzene rings is 1. The molecule has 0 aromatic heterocycles. The first-order chi connectivity index (χ1) is 9.56. The summed E-state index contributed by atoms with van der Waals surface area (Å²) in [4.78, 5) is 0. The predicted molar refractivity (Wildman–Crippen MR) is 79.4 cm³/mol. The Morgan fingerprint density at radius 2 is 1.95 bits per heavy atom. The Kier molecular flexibility index (Phi) is 3.70. The molecular weight excluding hydrogens is 274 g/mol. The van der Waals surface area contributed by atoms with Crippen LogP contribution < -0.4 is 10.5 Å². The topological polar surface area (TPSA) is 75.4 Å².